The first-order chi connectivity index (χ1) is 16.8. The molecule has 3 aromatic rings. The van der Waals surface area contributed by atoms with Gasteiger partial charge in [-0.2, -0.15) is 18.3 Å². The summed E-state index contributed by atoms with van der Waals surface area (Å²) in [6.07, 6.45) is 3.27. The van der Waals surface area contributed by atoms with E-state index in [2.05, 4.69) is 30.3 Å². The topological polar surface area (TPSA) is 115 Å². The fourth-order valence-electron chi connectivity index (χ4n) is 5.33. The Kier molecular flexibility index (Phi) is 4.94. The zero-order valence-corrected chi connectivity index (χ0v) is 18.7. The Morgan fingerprint density at radius 2 is 2.03 bits per heavy atom. The Morgan fingerprint density at radius 3 is 2.80 bits per heavy atom. The second kappa shape index (κ2) is 7.92. The van der Waals surface area contributed by atoms with Gasteiger partial charge in [-0.3, -0.25) is 9.48 Å². The average molecular weight is 484 g/mol. The third kappa shape index (κ3) is 3.96. The number of hydrogen-bond donors (Lipinski definition) is 2. The molecule has 3 atom stereocenters. The maximum Gasteiger partial charge on any atom is 0.435 e. The first kappa shape index (κ1) is 21.8. The number of piperidine rings is 1. The number of nitrogen functional groups attached to an aromatic ring is 1. The van der Waals surface area contributed by atoms with Crippen LogP contribution >= 0.6 is 0 Å². The molecule has 3 N–H and O–H groups in total. The minimum absolute atomic E-state index is 0.0207. The van der Waals surface area contributed by atoms with Crippen molar-refractivity contribution in [1.29, 1.82) is 0 Å². The van der Waals surface area contributed by atoms with Crippen LogP contribution in [0.15, 0.2) is 31.0 Å². The van der Waals surface area contributed by atoms with Crippen molar-refractivity contribution >= 4 is 17.5 Å². The van der Waals surface area contributed by atoms with Gasteiger partial charge in [0.15, 0.2) is 5.69 Å². The summed E-state index contributed by atoms with van der Waals surface area (Å²) in [5.41, 5.74) is 6.42. The molecule has 2 unspecified atom stereocenters. The summed E-state index contributed by atoms with van der Waals surface area (Å²) in [6, 6.07) is 1.29. The largest absolute Gasteiger partial charge is 0.435 e. The third-order valence-electron chi connectivity index (χ3n) is 7.14. The van der Waals surface area contributed by atoms with E-state index in [4.69, 9.17) is 5.73 Å². The molecule has 1 aliphatic heterocycles. The normalized spacial score (nSPS) is 22.7. The summed E-state index contributed by atoms with van der Waals surface area (Å²) in [5, 5.41) is 6.47. The van der Waals surface area contributed by atoms with Gasteiger partial charge in [-0.1, -0.05) is 0 Å². The van der Waals surface area contributed by atoms with Crippen molar-refractivity contribution in [2.75, 3.05) is 23.7 Å². The number of carbonyl (C=O) groups is 1. The van der Waals surface area contributed by atoms with Crippen LogP contribution in [0.2, 0.25) is 0 Å². The molecule has 2 fully saturated rings. The molecule has 1 saturated heterocycles. The number of fused-ring (bicyclic) bond motifs is 2. The molecule has 6 rings (SSSR count). The highest BCUT2D eigenvalue weighted by Crippen LogP contribution is 2.46. The number of aromatic nitrogens is 5. The predicted molar refractivity (Wildman–Crippen MR) is 119 cm³/mol. The van der Waals surface area contributed by atoms with E-state index in [1.54, 1.807) is 12.3 Å². The Hall–Kier alpha value is -3.70. The maximum atomic E-state index is 13.8. The summed E-state index contributed by atoms with van der Waals surface area (Å²) in [6.45, 7) is 1.79. The number of nitrogens with two attached hydrogens (primary N) is 1. The van der Waals surface area contributed by atoms with Gasteiger partial charge in [-0.15, -0.1) is 0 Å². The van der Waals surface area contributed by atoms with Crippen LogP contribution in [0.1, 0.15) is 51.6 Å². The first-order valence-corrected chi connectivity index (χ1v) is 11.5. The third-order valence-corrected chi connectivity index (χ3v) is 7.14. The summed E-state index contributed by atoms with van der Waals surface area (Å²) in [5.74, 6) is 1.58. The Labute approximate surface area is 198 Å². The standard InChI is InChI=1S/C23H23F3N8O/c24-23(25,26)19-17(22(35)31-18-2-1-16-15(18)3-4-29-20(16)27)10-34(32-19)9-14-6-28-11-30-21(14)33-7-12-5-13(12)8-33/h3-4,6,10-13,18H,1-2,5,7-9H2,(H2,27,29)(H,31,35)/t12?,13?,18-/m1/s1. The summed E-state index contributed by atoms with van der Waals surface area (Å²) in [4.78, 5) is 27.6. The summed E-state index contributed by atoms with van der Waals surface area (Å²) in [7, 11) is 0. The molecule has 0 bridgehead atoms. The SMILES string of the molecule is Nc1nccc2c1CC[C@H]2NC(=O)c1cn(Cc2cncnc2N2CC3CC3C2)nc1C(F)(F)F. The molecule has 1 amide bonds. The van der Waals surface area contributed by atoms with Crippen molar-refractivity contribution in [2.45, 2.75) is 38.0 Å². The maximum absolute atomic E-state index is 13.8. The van der Waals surface area contributed by atoms with Crippen molar-refractivity contribution in [3.63, 3.8) is 0 Å². The number of alkyl halides is 3. The molecule has 0 spiro atoms. The smallest absolute Gasteiger partial charge is 0.383 e. The Bertz CT molecular complexity index is 1300. The van der Waals surface area contributed by atoms with E-state index in [0.717, 1.165) is 35.1 Å². The highest BCUT2D eigenvalue weighted by Gasteiger charge is 2.46. The molecule has 0 aromatic carbocycles. The lowest BCUT2D eigenvalue weighted by Gasteiger charge is -2.21. The van der Waals surface area contributed by atoms with Crippen LogP contribution in [-0.2, 0) is 19.1 Å². The van der Waals surface area contributed by atoms with Gasteiger partial charge in [0.2, 0.25) is 0 Å². The van der Waals surface area contributed by atoms with Gasteiger partial charge in [0.05, 0.1) is 18.2 Å². The lowest BCUT2D eigenvalue weighted by atomic mass is 10.1. The fourth-order valence-corrected chi connectivity index (χ4v) is 5.33. The molecule has 3 aliphatic rings. The minimum Gasteiger partial charge on any atom is -0.383 e. The Morgan fingerprint density at radius 1 is 1.23 bits per heavy atom. The lowest BCUT2D eigenvalue weighted by molar-refractivity contribution is -0.141. The van der Waals surface area contributed by atoms with Gasteiger partial charge >= 0.3 is 6.18 Å². The van der Waals surface area contributed by atoms with Gasteiger partial charge < -0.3 is 16.0 Å². The van der Waals surface area contributed by atoms with E-state index < -0.39 is 29.4 Å². The molecular formula is C23H23F3N8O. The summed E-state index contributed by atoms with van der Waals surface area (Å²) >= 11 is 0. The van der Waals surface area contributed by atoms with Gasteiger partial charge in [-0.05, 0) is 48.3 Å². The molecule has 35 heavy (non-hydrogen) atoms. The molecular weight excluding hydrogens is 461 g/mol. The van der Waals surface area contributed by atoms with Crippen LogP contribution in [0.3, 0.4) is 0 Å². The fraction of sp³-hybridized carbons (Fsp3) is 0.435. The molecule has 4 heterocycles. The molecule has 0 radical (unpaired) electrons. The number of anilines is 2. The van der Waals surface area contributed by atoms with Gasteiger partial charge in [0.25, 0.3) is 5.91 Å². The van der Waals surface area contributed by atoms with Crippen molar-refractivity contribution in [3.05, 3.63) is 58.9 Å². The van der Waals surface area contributed by atoms with Crippen molar-refractivity contribution in [2.24, 2.45) is 11.8 Å². The summed E-state index contributed by atoms with van der Waals surface area (Å²) < 4.78 is 42.6. The average Bonchev–Trinajstić information content (AvgIpc) is 3.18. The van der Waals surface area contributed by atoms with Crippen molar-refractivity contribution in [3.8, 4) is 0 Å². The lowest BCUT2D eigenvalue weighted by Crippen LogP contribution is -2.28. The van der Waals surface area contributed by atoms with Crippen LogP contribution in [0.4, 0.5) is 24.8 Å². The number of hydrogen-bond acceptors (Lipinski definition) is 7. The highest BCUT2D eigenvalue weighted by atomic mass is 19.4. The number of carbonyl (C=O) groups excluding carboxylic acids is 1. The molecule has 3 aromatic heterocycles. The van der Waals surface area contributed by atoms with E-state index in [1.807, 2.05) is 0 Å². The van der Waals surface area contributed by atoms with Crippen molar-refractivity contribution in [1.82, 2.24) is 30.0 Å². The Balaban J connectivity index is 1.26. The highest BCUT2D eigenvalue weighted by molar-refractivity contribution is 5.95. The molecule has 1 saturated carbocycles. The first-order valence-electron chi connectivity index (χ1n) is 11.5. The van der Waals surface area contributed by atoms with Crippen molar-refractivity contribution < 1.29 is 18.0 Å². The number of nitrogens with zero attached hydrogens (tertiary/aromatic N) is 6. The van der Waals surface area contributed by atoms with E-state index in [1.165, 1.54) is 18.9 Å². The van der Waals surface area contributed by atoms with E-state index in [-0.39, 0.29) is 6.54 Å². The predicted octanol–water partition coefficient (Wildman–Crippen LogP) is 2.59. The van der Waals surface area contributed by atoms with Gasteiger partial charge in [-0.25, -0.2) is 15.0 Å². The molecule has 9 nitrogen and oxygen atoms in total. The molecule has 2 aliphatic carbocycles. The van der Waals surface area contributed by atoms with Crippen LogP contribution in [0, 0.1) is 11.8 Å². The van der Waals surface area contributed by atoms with Crippen LogP contribution in [0.25, 0.3) is 0 Å². The number of rotatable bonds is 5. The quantitative estimate of drug-likeness (QED) is 0.572. The minimum atomic E-state index is -4.79. The van der Waals surface area contributed by atoms with Crippen LogP contribution in [0.5, 0.6) is 0 Å². The van der Waals surface area contributed by atoms with Gasteiger partial charge in [0, 0.05) is 37.2 Å². The second-order valence-electron chi connectivity index (χ2n) is 9.45. The number of amides is 1. The zero-order valence-electron chi connectivity index (χ0n) is 18.7. The van der Waals surface area contributed by atoms with E-state index in [9.17, 15) is 18.0 Å². The zero-order chi connectivity index (χ0) is 24.3. The van der Waals surface area contributed by atoms with Crippen LogP contribution in [-0.4, -0.2) is 43.7 Å². The molecule has 182 valence electrons. The van der Waals surface area contributed by atoms with E-state index >= 15 is 0 Å². The molecule has 12 heteroatoms. The van der Waals surface area contributed by atoms with E-state index in [0.29, 0.717) is 41.9 Å². The number of nitrogens with one attached hydrogen (secondary N) is 1. The number of pyridine rings is 1. The second-order valence-corrected chi connectivity index (χ2v) is 9.45. The monoisotopic (exact) mass is 484 g/mol. The van der Waals surface area contributed by atoms with Gasteiger partial charge in [0.1, 0.15) is 18.0 Å². The van der Waals surface area contributed by atoms with Crippen LogP contribution < -0.4 is 16.0 Å². The number of halogens is 3.